The second kappa shape index (κ2) is 5.68. The Morgan fingerprint density at radius 2 is 2.00 bits per heavy atom. The Hall–Kier alpha value is -0.120. The van der Waals surface area contributed by atoms with Crippen LogP contribution in [0, 0.1) is 5.92 Å². The Labute approximate surface area is 105 Å². The van der Waals surface area contributed by atoms with Crippen LogP contribution in [0.2, 0.25) is 0 Å². The Balaban J connectivity index is 1.83. The van der Waals surface area contributed by atoms with Crippen molar-refractivity contribution in [3.05, 3.63) is 0 Å². The molecular formula is C14H28N2O. The fraction of sp³-hybridized carbons (Fsp3) is 1.00. The SMILES string of the molecule is CC(C)(O)CNC1CCCC1C1CCCCN1. The van der Waals surface area contributed by atoms with E-state index in [0.29, 0.717) is 18.6 Å². The highest BCUT2D eigenvalue weighted by Crippen LogP contribution is 2.31. The van der Waals surface area contributed by atoms with Crippen LogP contribution in [0.1, 0.15) is 52.4 Å². The number of hydrogen-bond donors (Lipinski definition) is 3. The van der Waals surface area contributed by atoms with Gasteiger partial charge in [-0.1, -0.05) is 12.8 Å². The topological polar surface area (TPSA) is 44.3 Å². The highest BCUT2D eigenvalue weighted by molar-refractivity contribution is 4.93. The third kappa shape index (κ3) is 3.94. The van der Waals surface area contributed by atoms with E-state index in [1.807, 2.05) is 13.8 Å². The van der Waals surface area contributed by atoms with Gasteiger partial charge < -0.3 is 15.7 Å². The number of nitrogens with one attached hydrogen (secondary N) is 2. The zero-order valence-corrected chi connectivity index (χ0v) is 11.3. The van der Waals surface area contributed by atoms with Gasteiger partial charge in [0.15, 0.2) is 0 Å². The monoisotopic (exact) mass is 240 g/mol. The highest BCUT2D eigenvalue weighted by atomic mass is 16.3. The van der Waals surface area contributed by atoms with E-state index in [1.54, 1.807) is 0 Å². The Bertz CT molecular complexity index is 231. The summed E-state index contributed by atoms with van der Waals surface area (Å²) in [5.41, 5.74) is -0.590. The summed E-state index contributed by atoms with van der Waals surface area (Å²) >= 11 is 0. The lowest BCUT2D eigenvalue weighted by Gasteiger charge is -2.34. The van der Waals surface area contributed by atoms with Gasteiger partial charge in [0.1, 0.15) is 0 Å². The molecule has 2 fully saturated rings. The molecule has 0 spiro atoms. The highest BCUT2D eigenvalue weighted by Gasteiger charge is 2.34. The molecule has 1 saturated heterocycles. The van der Waals surface area contributed by atoms with Gasteiger partial charge in [-0.15, -0.1) is 0 Å². The van der Waals surface area contributed by atoms with Gasteiger partial charge in [-0.25, -0.2) is 0 Å². The van der Waals surface area contributed by atoms with Gasteiger partial charge in [-0.2, -0.15) is 0 Å². The maximum atomic E-state index is 9.80. The lowest BCUT2D eigenvalue weighted by atomic mass is 9.88. The quantitative estimate of drug-likeness (QED) is 0.700. The molecule has 1 aliphatic heterocycles. The third-order valence-electron chi connectivity index (χ3n) is 4.23. The zero-order valence-electron chi connectivity index (χ0n) is 11.3. The lowest BCUT2D eigenvalue weighted by Crippen LogP contribution is -2.49. The van der Waals surface area contributed by atoms with Crippen molar-refractivity contribution in [2.45, 2.75) is 70.1 Å². The second-order valence-electron chi connectivity index (χ2n) is 6.45. The smallest absolute Gasteiger partial charge is 0.0715 e. The van der Waals surface area contributed by atoms with E-state index < -0.39 is 5.60 Å². The predicted molar refractivity (Wildman–Crippen MR) is 71.1 cm³/mol. The summed E-state index contributed by atoms with van der Waals surface area (Å²) in [5, 5.41) is 17.1. The van der Waals surface area contributed by atoms with Gasteiger partial charge in [0.2, 0.25) is 0 Å². The molecule has 17 heavy (non-hydrogen) atoms. The molecule has 100 valence electrons. The first-order valence-corrected chi connectivity index (χ1v) is 7.25. The van der Waals surface area contributed by atoms with Crippen molar-refractivity contribution in [2.75, 3.05) is 13.1 Å². The van der Waals surface area contributed by atoms with Gasteiger partial charge in [-0.05, 0) is 52.0 Å². The van der Waals surface area contributed by atoms with Gasteiger partial charge >= 0.3 is 0 Å². The summed E-state index contributed by atoms with van der Waals surface area (Å²) in [4.78, 5) is 0. The Morgan fingerprint density at radius 3 is 2.65 bits per heavy atom. The molecule has 1 heterocycles. The van der Waals surface area contributed by atoms with E-state index in [-0.39, 0.29) is 0 Å². The maximum Gasteiger partial charge on any atom is 0.0715 e. The largest absolute Gasteiger partial charge is 0.389 e. The molecule has 1 aliphatic carbocycles. The fourth-order valence-corrected chi connectivity index (χ4v) is 3.35. The van der Waals surface area contributed by atoms with Crippen LogP contribution in [0.3, 0.4) is 0 Å². The summed E-state index contributed by atoms with van der Waals surface area (Å²) in [7, 11) is 0. The van der Waals surface area contributed by atoms with E-state index >= 15 is 0 Å². The average molecular weight is 240 g/mol. The number of piperidine rings is 1. The average Bonchev–Trinajstić information content (AvgIpc) is 2.75. The van der Waals surface area contributed by atoms with E-state index in [9.17, 15) is 5.11 Å². The Kier molecular flexibility index (Phi) is 4.45. The lowest BCUT2D eigenvalue weighted by molar-refractivity contribution is 0.0730. The zero-order chi connectivity index (χ0) is 12.3. The first-order chi connectivity index (χ1) is 8.06. The molecule has 0 radical (unpaired) electrons. The van der Waals surface area contributed by atoms with Crippen LogP contribution in [0.5, 0.6) is 0 Å². The number of aliphatic hydroxyl groups is 1. The fourth-order valence-electron chi connectivity index (χ4n) is 3.35. The van der Waals surface area contributed by atoms with Crippen molar-refractivity contribution < 1.29 is 5.11 Å². The molecule has 0 aromatic rings. The van der Waals surface area contributed by atoms with Crippen molar-refractivity contribution in [3.63, 3.8) is 0 Å². The number of hydrogen-bond acceptors (Lipinski definition) is 3. The molecule has 3 unspecified atom stereocenters. The minimum atomic E-state index is -0.590. The van der Waals surface area contributed by atoms with Crippen LogP contribution in [0.25, 0.3) is 0 Å². The summed E-state index contributed by atoms with van der Waals surface area (Å²) < 4.78 is 0. The molecule has 2 rings (SSSR count). The molecule has 3 heteroatoms. The molecule has 3 nitrogen and oxygen atoms in total. The van der Waals surface area contributed by atoms with Crippen molar-refractivity contribution in [1.82, 2.24) is 10.6 Å². The van der Waals surface area contributed by atoms with E-state index in [1.165, 1.54) is 45.1 Å². The van der Waals surface area contributed by atoms with E-state index in [2.05, 4.69) is 10.6 Å². The molecule has 0 aromatic carbocycles. The van der Waals surface area contributed by atoms with Gasteiger partial charge in [0, 0.05) is 18.6 Å². The Morgan fingerprint density at radius 1 is 1.18 bits per heavy atom. The van der Waals surface area contributed by atoms with Crippen LogP contribution in [-0.2, 0) is 0 Å². The van der Waals surface area contributed by atoms with Crippen LogP contribution in [-0.4, -0.2) is 35.9 Å². The van der Waals surface area contributed by atoms with Gasteiger partial charge in [0.25, 0.3) is 0 Å². The van der Waals surface area contributed by atoms with Crippen molar-refractivity contribution in [2.24, 2.45) is 5.92 Å². The normalized spacial score (nSPS) is 35.1. The van der Waals surface area contributed by atoms with Crippen molar-refractivity contribution in [3.8, 4) is 0 Å². The summed E-state index contributed by atoms with van der Waals surface area (Å²) in [5.74, 6) is 0.776. The van der Waals surface area contributed by atoms with Crippen molar-refractivity contribution >= 4 is 0 Å². The van der Waals surface area contributed by atoms with Gasteiger partial charge in [0.05, 0.1) is 5.60 Å². The molecular weight excluding hydrogens is 212 g/mol. The third-order valence-corrected chi connectivity index (χ3v) is 4.23. The summed E-state index contributed by atoms with van der Waals surface area (Å²) in [6.45, 7) is 5.66. The molecule has 3 N–H and O–H groups in total. The van der Waals surface area contributed by atoms with E-state index in [4.69, 9.17) is 0 Å². The molecule has 3 atom stereocenters. The van der Waals surface area contributed by atoms with Crippen LogP contribution >= 0.6 is 0 Å². The van der Waals surface area contributed by atoms with Gasteiger partial charge in [-0.3, -0.25) is 0 Å². The standard InChI is InChI=1S/C14H28N2O/c1-14(2,17)10-16-13-8-5-6-11(13)12-7-3-4-9-15-12/h11-13,15-17H,3-10H2,1-2H3. The van der Waals surface area contributed by atoms with Crippen molar-refractivity contribution in [1.29, 1.82) is 0 Å². The first kappa shape index (κ1) is 13.3. The molecule has 0 bridgehead atoms. The van der Waals surface area contributed by atoms with Crippen LogP contribution in [0.15, 0.2) is 0 Å². The van der Waals surface area contributed by atoms with Crippen LogP contribution in [0.4, 0.5) is 0 Å². The summed E-state index contributed by atoms with van der Waals surface area (Å²) in [6.07, 6.45) is 8.02. The molecule has 0 amide bonds. The first-order valence-electron chi connectivity index (χ1n) is 7.25. The minimum absolute atomic E-state index is 0.590. The molecule has 1 saturated carbocycles. The summed E-state index contributed by atoms with van der Waals surface area (Å²) in [6, 6.07) is 1.32. The van der Waals surface area contributed by atoms with Crippen LogP contribution < -0.4 is 10.6 Å². The predicted octanol–water partition coefficient (Wildman–Crippen LogP) is 1.66. The minimum Gasteiger partial charge on any atom is -0.389 e. The maximum absolute atomic E-state index is 9.80. The van der Waals surface area contributed by atoms with E-state index in [0.717, 1.165) is 5.92 Å². The molecule has 0 aromatic heterocycles. The second-order valence-corrected chi connectivity index (χ2v) is 6.45. The number of rotatable bonds is 4. The molecule has 2 aliphatic rings.